The third-order valence-electron chi connectivity index (χ3n) is 4.25. The number of aromatic nitrogens is 1. The summed E-state index contributed by atoms with van der Waals surface area (Å²) in [5, 5.41) is 0.728. The third-order valence-corrected chi connectivity index (χ3v) is 4.80. The van der Waals surface area contributed by atoms with Crippen molar-refractivity contribution in [2.75, 3.05) is 0 Å². The first-order valence-corrected chi connectivity index (χ1v) is 8.56. The van der Waals surface area contributed by atoms with E-state index in [4.69, 9.17) is 4.42 Å². The van der Waals surface area contributed by atoms with E-state index in [1.54, 1.807) is 0 Å². The average molecular weight is 334 g/mol. The van der Waals surface area contributed by atoms with Gasteiger partial charge in [0.15, 0.2) is 0 Å². The van der Waals surface area contributed by atoms with E-state index >= 15 is 0 Å². The van der Waals surface area contributed by atoms with Crippen LogP contribution in [0.4, 0.5) is 0 Å². The number of rotatable bonds is 4. The lowest BCUT2D eigenvalue weighted by Crippen LogP contribution is -2.17. The van der Waals surface area contributed by atoms with E-state index in [1.165, 1.54) is 37.7 Å². The van der Waals surface area contributed by atoms with Crippen molar-refractivity contribution in [1.29, 1.82) is 0 Å². The van der Waals surface area contributed by atoms with Crippen LogP contribution in [0.15, 0.2) is 40.9 Å². The van der Waals surface area contributed by atoms with Gasteiger partial charge < -0.3 is 4.42 Å². The highest BCUT2D eigenvalue weighted by Crippen LogP contribution is 2.40. The van der Waals surface area contributed by atoms with Crippen LogP contribution in [-0.2, 0) is 5.33 Å². The number of benzene rings is 1. The van der Waals surface area contributed by atoms with Crippen molar-refractivity contribution in [3.63, 3.8) is 0 Å². The smallest absolute Gasteiger partial charge is 0.202 e. The van der Waals surface area contributed by atoms with Crippen molar-refractivity contribution >= 4 is 15.9 Å². The Kier molecular flexibility index (Phi) is 4.56. The number of halogens is 1. The molecule has 1 aromatic heterocycles. The zero-order valence-electron chi connectivity index (χ0n) is 11.6. The topological polar surface area (TPSA) is 26.0 Å². The molecule has 3 rings (SSSR count). The van der Waals surface area contributed by atoms with Crippen molar-refractivity contribution in [3.05, 3.63) is 53.7 Å². The summed E-state index contributed by atoms with van der Waals surface area (Å²) >= 11 is 3.44. The second-order valence-electron chi connectivity index (χ2n) is 5.58. The Balaban J connectivity index is 1.94. The molecule has 0 N–H and O–H groups in total. The van der Waals surface area contributed by atoms with Gasteiger partial charge in [-0.1, -0.05) is 65.5 Å². The molecule has 3 heteroatoms. The van der Waals surface area contributed by atoms with Crippen molar-refractivity contribution in [3.8, 4) is 0 Å². The first kappa shape index (κ1) is 13.9. The highest BCUT2D eigenvalue weighted by Gasteiger charge is 2.30. The maximum Gasteiger partial charge on any atom is 0.202 e. The van der Waals surface area contributed by atoms with E-state index in [-0.39, 0.29) is 0 Å². The predicted octanol–water partition coefficient (Wildman–Crippen LogP) is 5.28. The van der Waals surface area contributed by atoms with Crippen molar-refractivity contribution in [2.45, 2.75) is 43.4 Å². The summed E-state index contributed by atoms with van der Waals surface area (Å²) in [6, 6.07) is 10.7. The van der Waals surface area contributed by atoms with Gasteiger partial charge >= 0.3 is 0 Å². The number of alkyl halides is 1. The van der Waals surface area contributed by atoms with E-state index in [0.717, 1.165) is 17.0 Å². The molecule has 0 aliphatic heterocycles. The molecule has 1 saturated carbocycles. The molecule has 1 aromatic carbocycles. The average Bonchev–Trinajstić information content (AvgIpc) is 2.98. The molecule has 106 valence electrons. The molecule has 0 amide bonds. The third kappa shape index (κ3) is 2.98. The summed E-state index contributed by atoms with van der Waals surface area (Å²) in [7, 11) is 0. The first-order valence-electron chi connectivity index (χ1n) is 7.44. The van der Waals surface area contributed by atoms with Gasteiger partial charge in [-0.2, -0.15) is 0 Å². The summed E-state index contributed by atoms with van der Waals surface area (Å²) in [5.41, 5.74) is 1.34. The predicted molar refractivity (Wildman–Crippen MR) is 84.0 cm³/mol. The van der Waals surface area contributed by atoms with Crippen LogP contribution < -0.4 is 0 Å². The van der Waals surface area contributed by atoms with Crippen LogP contribution in [0.1, 0.15) is 55.2 Å². The van der Waals surface area contributed by atoms with Crippen LogP contribution in [0, 0.1) is 5.92 Å². The normalized spacial score (nSPS) is 18.1. The molecule has 20 heavy (non-hydrogen) atoms. The number of nitrogens with zero attached hydrogens (tertiary/aromatic N) is 1. The minimum atomic E-state index is 0.310. The number of hydrogen-bond donors (Lipinski definition) is 0. The van der Waals surface area contributed by atoms with E-state index < -0.39 is 0 Å². The second-order valence-corrected chi connectivity index (χ2v) is 6.15. The highest BCUT2D eigenvalue weighted by molar-refractivity contribution is 9.08. The van der Waals surface area contributed by atoms with Gasteiger partial charge in [0.1, 0.15) is 5.76 Å². The number of hydrogen-bond acceptors (Lipinski definition) is 2. The molecule has 2 nitrogen and oxygen atoms in total. The molecule has 0 saturated heterocycles. The molecule has 1 aliphatic carbocycles. The number of oxazole rings is 1. The van der Waals surface area contributed by atoms with Gasteiger partial charge in [0.05, 0.1) is 17.4 Å². The monoisotopic (exact) mass is 333 g/mol. The molecule has 0 bridgehead atoms. The molecule has 1 atom stereocenters. The quantitative estimate of drug-likeness (QED) is 0.711. The van der Waals surface area contributed by atoms with E-state index in [1.807, 2.05) is 6.20 Å². The summed E-state index contributed by atoms with van der Waals surface area (Å²) < 4.78 is 5.94. The molecule has 1 aliphatic rings. The Morgan fingerprint density at radius 3 is 2.55 bits per heavy atom. The molecule has 2 aromatic rings. The standard InChI is InChI=1S/C17H20BrNO/c18-11-15-12-19-17(20-15)16(13-7-3-1-4-8-13)14-9-5-2-6-10-14/h1,3-4,7-8,12,14,16H,2,5-6,9-11H2. The maximum atomic E-state index is 5.94. The summed E-state index contributed by atoms with van der Waals surface area (Å²) in [6.07, 6.45) is 8.45. The van der Waals surface area contributed by atoms with Gasteiger partial charge in [-0.3, -0.25) is 0 Å². The van der Waals surface area contributed by atoms with Crippen LogP contribution >= 0.6 is 15.9 Å². The van der Waals surface area contributed by atoms with Gasteiger partial charge in [-0.25, -0.2) is 4.98 Å². The largest absolute Gasteiger partial charge is 0.444 e. The van der Waals surface area contributed by atoms with Crippen LogP contribution in [0.25, 0.3) is 0 Å². The summed E-state index contributed by atoms with van der Waals surface area (Å²) in [6.45, 7) is 0. The molecular formula is C17H20BrNO. The lowest BCUT2D eigenvalue weighted by Gasteiger charge is -2.28. The SMILES string of the molecule is BrCc1cnc(C(c2ccccc2)C2CCCCC2)o1. The zero-order valence-corrected chi connectivity index (χ0v) is 13.2. The van der Waals surface area contributed by atoms with Crippen LogP contribution in [-0.4, -0.2) is 4.98 Å². The Labute approximate surface area is 128 Å². The fourth-order valence-electron chi connectivity index (χ4n) is 3.27. The van der Waals surface area contributed by atoms with Crippen LogP contribution in [0.5, 0.6) is 0 Å². The highest BCUT2D eigenvalue weighted by atomic mass is 79.9. The van der Waals surface area contributed by atoms with E-state index in [0.29, 0.717) is 11.8 Å². The Morgan fingerprint density at radius 1 is 1.15 bits per heavy atom. The second kappa shape index (κ2) is 6.57. The van der Waals surface area contributed by atoms with Gasteiger partial charge in [0.25, 0.3) is 0 Å². The van der Waals surface area contributed by atoms with Crippen molar-refractivity contribution in [2.24, 2.45) is 5.92 Å². The molecule has 1 unspecified atom stereocenters. The van der Waals surface area contributed by atoms with Crippen molar-refractivity contribution < 1.29 is 4.42 Å². The van der Waals surface area contributed by atoms with Gasteiger partial charge in [-0.15, -0.1) is 0 Å². The molecule has 0 radical (unpaired) electrons. The fraction of sp³-hybridized carbons (Fsp3) is 0.471. The fourth-order valence-corrected chi connectivity index (χ4v) is 3.53. The Morgan fingerprint density at radius 2 is 1.90 bits per heavy atom. The van der Waals surface area contributed by atoms with Crippen molar-refractivity contribution in [1.82, 2.24) is 4.98 Å². The summed E-state index contributed by atoms with van der Waals surface area (Å²) in [5.74, 6) is 2.77. The van der Waals surface area contributed by atoms with E-state index in [2.05, 4.69) is 51.2 Å². The molecule has 1 fully saturated rings. The minimum absolute atomic E-state index is 0.310. The van der Waals surface area contributed by atoms with Gasteiger partial charge in [0.2, 0.25) is 5.89 Å². The van der Waals surface area contributed by atoms with Gasteiger partial charge in [0, 0.05) is 0 Å². The lowest BCUT2D eigenvalue weighted by molar-refractivity contribution is 0.293. The van der Waals surface area contributed by atoms with Gasteiger partial charge in [-0.05, 0) is 24.3 Å². The molecule has 1 heterocycles. The summed E-state index contributed by atoms with van der Waals surface area (Å²) in [4.78, 5) is 4.54. The molecular weight excluding hydrogens is 314 g/mol. The molecule has 0 spiro atoms. The van der Waals surface area contributed by atoms with E-state index in [9.17, 15) is 0 Å². The Bertz CT molecular complexity index is 531. The van der Waals surface area contributed by atoms with Crippen LogP contribution in [0.2, 0.25) is 0 Å². The Hall–Kier alpha value is -1.09. The first-order chi connectivity index (χ1) is 9.88. The minimum Gasteiger partial charge on any atom is -0.444 e. The zero-order chi connectivity index (χ0) is 13.8. The lowest BCUT2D eigenvalue weighted by atomic mass is 9.77. The maximum absolute atomic E-state index is 5.94. The van der Waals surface area contributed by atoms with Crippen LogP contribution in [0.3, 0.4) is 0 Å².